The van der Waals surface area contributed by atoms with E-state index in [-0.39, 0.29) is 0 Å². The van der Waals surface area contributed by atoms with Gasteiger partial charge in [0.15, 0.2) is 0 Å². The van der Waals surface area contributed by atoms with Gasteiger partial charge in [0, 0.05) is 23.1 Å². The summed E-state index contributed by atoms with van der Waals surface area (Å²) in [6.07, 6.45) is 11.8. The second-order valence-corrected chi connectivity index (χ2v) is 15.4. The highest BCUT2D eigenvalue weighted by atomic mass is 35.5. The molecule has 0 aliphatic carbocycles. The number of hydrogen-bond donors (Lipinski definition) is 0. The Labute approximate surface area is 300 Å². The fourth-order valence-electron chi connectivity index (χ4n) is 8.04. The van der Waals surface area contributed by atoms with Gasteiger partial charge in [-0.2, -0.15) is 0 Å². The first kappa shape index (κ1) is 35.2. The first-order valence-corrected chi connectivity index (χ1v) is 19.2. The van der Waals surface area contributed by atoms with Gasteiger partial charge in [-0.25, -0.2) is 0 Å². The third-order valence-electron chi connectivity index (χ3n) is 11.2. The molecule has 6 rings (SSSR count). The Bertz CT molecular complexity index is 1580. The van der Waals surface area contributed by atoms with Crippen molar-refractivity contribution in [1.29, 1.82) is 0 Å². The molecule has 0 atom stereocenters. The van der Waals surface area contributed by atoms with Crippen molar-refractivity contribution in [1.82, 2.24) is 9.80 Å². The fraction of sp³-hybridized carbons (Fsp3) is 0.455. The number of benzene rings is 4. The summed E-state index contributed by atoms with van der Waals surface area (Å²) >= 11 is 13.8. The predicted octanol–water partition coefficient (Wildman–Crippen LogP) is 11.4. The maximum Gasteiger partial charge on any atom is 0.0441 e. The molecule has 2 aliphatic rings. The zero-order valence-electron chi connectivity index (χ0n) is 29.7. The van der Waals surface area contributed by atoms with E-state index in [1.807, 2.05) is 0 Å². The molecule has 4 aromatic rings. The van der Waals surface area contributed by atoms with Crippen LogP contribution in [0.15, 0.2) is 60.7 Å². The van der Waals surface area contributed by atoms with Crippen LogP contribution in [0.25, 0.3) is 11.1 Å². The van der Waals surface area contributed by atoms with E-state index in [0.29, 0.717) is 0 Å². The molecule has 0 amide bonds. The molecule has 2 fully saturated rings. The SMILES string of the molecule is Cc1cc(CCc2cccc(-c3cccc(CCc4cc(C)c(CN5CCCCC5)cc4Cl)c3C)c2C)c(Cl)cc1CN1CCCCC1. The van der Waals surface area contributed by atoms with Gasteiger partial charge in [-0.1, -0.05) is 84.6 Å². The summed E-state index contributed by atoms with van der Waals surface area (Å²) in [7, 11) is 0. The second kappa shape index (κ2) is 16.4. The van der Waals surface area contributed by atoms with Crippen LogP contribution in [-0.2, 0) is 38.8 Å². The highest BCUT2D eigenvalue weighted by Gasteiger charge is 2.17. The molecule has 0 N–H and O–H groups in total. The molecule has 0 aromatic heterocycles. The second-order valence-electron chi connectivity index (χ2n) is 14.6. The number of nitrogens with zero attached hydrogens (tertiary/aromatic N) is 2. The fourth-order valence-corrected chi connectivity index (χ4v) is 8.60. The molecule has 0 spiro atoms. The number of aryl methyl sites for hydroxylation is 6. The summed E-state index contributed by atoms with van der Waals surface area (Å²) in [6, 6.07) is 22.8. The Balaban J connectivity index is 1.13. The van der Waals surface area contributed by atoms with E-state index < -0.39 is 0 Å². The van der Waals surface area contributed by atoms with E-state index in [1.54, 1.807) is 0 Å². The first-order chi connectivity index (χ1) is 23.3. The highest BCUT2D eigenvalue weighted by Crippen LogP contribution is 2.33. The molecule has 2 saturated heterocycles. The van der Waals surface area contributed by atoms with E-state index in [4.69, 9.17) is 23.2 Å². The summed E-state index contributed by atoms with van der Waals surface area (Å²) in [4.78, 5) is 5.16. The minimum absolute atomic E-state index is 0.914. The zero-order chi connectivity index (χ0) is 33.6. The lowest BCUT2D eigenvalue weighted by Crippen LogP contribution is -2.29. The lowest BCUT2D eigenvalue weighted by molar-refractivity contribution is 0.220. The van der Waals surface area contributed by atoms with Crippen molar-refractivity contribution >= 4 is 23.2 Å². The molecule has 0 saturated carbocycles. The monoisotopic (exact) mass is 680 g/mol. The van der Waals surface area contributed by atoms with E-state index in [2.05, 4.69) is 98.2 Å². The van der Waals surface area contributed by atoms with Crippen LogP contribution in [0.1, 0.15) is 94.2 Å². The van der Waals surface area contributed by atoms with Crippen molar-refractivity contribution < 1.29 is 0 Å². The van der Waals surface area contributed by atoms with Gasteiger partial charge >= 0.3 is 0 Å². The Morgan fingerprint density at radius 1 is 0.458 bits per heavy atom. The summed E-state index contributed by atoms with van der Waals surface area (Å²) in [5.41, 5.74) is 16.2. The molecule has 254 valence electrons. The van der Waals surface area contributed by atoms with E-state index in [1.165, 1.54) is 131 Å². The standard InChI is InChI=1S/C44H54Cl2N2/c1-31-25-37(43(45)27-39(31)29-47-21-7-5-8-22-47)19-17-35-13-11-15-41(33(35)3)42-16-12-14-36(34(42)4)18-20-38-26-32(2)40(28-44(38)46)30-48-23-9-6-10-24-48/h11-16,25-28H,5-10,17-24,29-30H2,1-4H3. The number of halogens is 2. The third kappa shape index (κ3) is 8.56. The number of rotatable bonds is 11. The van der Waals surface area contributed by atoms with Crippen LogP contribution in [0, 0.1) is 27.7 Å². The lowest BCUT2D eigenvalue weighted by Gasteiger charge is -2.27. The van der Waals surface area contributed by atoms with Gasteiger partial charge in [-0.3, -0.25) is 9.80 Å². The van der Waals surface area contributed by atoms with Crippen molar-refractivity contribution in [3.05, 3.63) is 126 Å². The summed E-state index contributed by atoms with van der Waals surface area (Å²) < 4.78 is 0. The summed E-state index contributed by atoms with van der Waals surface area (Å²) in [5, 5.41) is 1.83. The summed E-state index contributed by atoms with van der Waals surface area (Å²) in [6.45, 7) is 15.9. The largest absolute Gasteiger partial charge is 0.299 e. The van der Waals surface area contributed by atoms with Crippen molar-refractivity contribution in [3.8, 4) is 11.1 Å². The van der Waals surface area contributed by atoms with Crippen molar-refractivity contribution in [3.63, 3.8) is 0 Å². The lowest BCUT2D eigenvalue weighted by atomic mass is 9.88. The molecule has 4 heteroatoms. The van der Waals surface area contributed by atoms with Gasteiger partial charge < -0.3 is 0 Å². The Hall–Kier alpha value is -2.62. The van der Waals surface area contributed by atoms with Crippen LogP contribution >= 0.6 is 23.2 Å². The average molecular weight is 682 g/mol. The normalized spacial score (nSPS) is 16.0. The van der Waals surface area contributed by atoms with Crippen molar-refractivity contribution in [2.45, 2.75) is 105 Å². The van der Waals surface area contributed by atoms with Gasteiger partial charge in [0.1, 0.15) is 0 Å². The van der Waals surface area contributed by atoms with Crippen LogP contribution < -0.4 is 0 Å². The van der Waals surface area contributed by atoms with Crippen LogP contribution in [0.3, 0.4) is 0 Å². The first-order valence-electron chi connectivity index (χ1n) is 18.4. The molecule has 0 radical (unpaired) electrons. The van der Waals surface area contributed by atoms with Crippen molar-refractivity contribution in [2.24, 2.45) is 0 Å². The third-order valence-corrected chi connectivity index (χ3v) is 11.9. The van der Waals surface area contributed by atoms with E-state index in [0.717, 1.165) is 48.8 Å². The zero-order valence-corrected chi connectivity index (χ0v) is 31.2. The molecular weight excluding hydrogens is 627 g/mol. The molecule has 48 heavy (non-hydrogen) atoms. The molecule has 0 unspecified atom stereocenters. The Morgan fingerprint density at radius 2 is 0.833 bits per heavy atom. The smallest absolute Gasteiger partial charge is 0.0441 e. The number of likely N-dealkylation sites (tertiary alicyclic amines) is 2. The number of hydrogen-bond acceptors (Lipinski definition) is 2. The molecule has 4 aromatic carbocycles. The molecule has 0 bridgehead atoms. The predicted molar refractivity (Wildman–Crippen MR) is 207 cm³/mol. The topological polar surface area (TPSA) is 6.48 Å². The van der Waals surface area contributed by atoms with Gasteiger partial charge in [-0.05, 0) is 184 Å². The molecule has 2 aliphatic heterocycles. The Morgan fingerprint density at radius 3 is 1.23 bits per heavy atom. The van der Waals surface area contributed by atoms with Gasteiger partial charge in [-0.15, -0.1) is 0 Å². The minimum atomic E-state index is 0.914. The maximum atomic E-state index is 6.90. The van der Waals surface area contributed by atoms with Crippen LogP contribution in [0.2, 0.25) is 10.0 Å². The molecule has 2 nitrogen and oxygen atoms in total. The molecular formula is C44H54Cl2N2. The van der Waals surface area contributed by atoms with Crippen LogP contribution in [0.4, 0.5) is 0 Å². The van der Waals surface area contributed by atoms with Crippen molar-refractivity contribution in [2.75, 3.05) is 26.2 Å². The Kier molecular flexibility index (Phi) is 12.0. The maximum absolute atomic E-state index is 6.90. The van der Waals surface area contributed by atoms with E-state index in [9.17, 15) is 0 Å². The minimum Gasteiger partial charge on any atom is -0.299 e. The highest BCUT2D eigenvalue weighted by molar-refractivity contribution is 6.31. The van der Waals surface area contributed by atoms with Gasteiger partial charge in [0.25, 0.3) is 0 Å². The average Bonchev–Trinajstić information content (AvgIpc) is 3.09. The quantitative estimate of drug-likeness (QED) is 0.155. The van der Waals surface area contributed by atoms with Crippen LogP contribution in [0.5, 0.6) is 0 Å². The van der Waals surface area contributed by atoms with Crippen LogP contribution in [-0.4, -0.2) is 36.0 Å². The van der Waals surface area contributed by atoms with E-state index >= 15 is 0 Å². The number of piperidine rings is 2. The van der Waals surface area contributed by atoms with Gasteiger partial charge in [0.05, 0.1) is 0 Å². The van der Waals surface area contributed by atoms with Gasteiger partial charge in [0.2, 0.25) is 0 Å². The molecule has 2 heterocycles. The summed E-state index contributed by atoms with van der Waals surface area (Å²) in [5.74, 6) is 0.